The van der Waals surface area contributed by atoms with E-state index in [2.05, 4.69) is 0 Å². The third-order valence-electron chi connectivity index (χ3n) is 7.16. The Morgan fingerprint density at radius 2 is 2.00 bits per heavy atom. The zero-order valence-corrected chi connectivity index (χ0v) is 16.4. The fourth-order valence-electron chi connectivity index (χ4n) is 5.16. The number of nitrogens with two attached hydrogens (primary N) is 1. The molecule has 1 aliphatic heterocycles. The van der Waals surface area contributed by atoms with Crippen molar-refractivity contribution in [3.63, 3.8) is 0 Å². The molecule has 149 valence electrons. The van der Waals surface area contributed by atoms with E-state index in [0.29, 0.717) is 18.4 Å². The topological polar surface area (TPSA) is 110 Å². The van der Waals surface area contributed by atoms with Crippen LogP contribution in [0.1, 0.15) is 52.9 Å². The molecule has 0 aromatic rings. The van der Waals surface area contributed by atoms with E-state index < -0.39 is 34.9 Å². The quantitative estimate of drug-likeness (QED) is 0.374. The smallest absolute Gasteiger partial charge is 0.378 e. The Morgan fingerprint density at radius 1 is 1.33 bits per heavy atom. The minimum Gasteiger partial charge on any atom is -0.480 e. The predicted molar refractivity (Wildman–Crippen MR) is 99.5 cm³/mol. The Labute approximate surface area is 161 Å². The number of fused-ring (bicyclic) bond motifs is 1. The lowest BCUT2D eigenvalue weighted by atomic mass is 9.67. The van der Waals surface area contributed by atoms with Crippen LogP contribution in [0.5, 0.6) is 0 Å². The second-order valence-corrected chi connectivity index (χ2v) is 9.23. The third kappa shape index (κ3) is 3.66. The maximum absolute atomic E-state index is 13.4. The van der Waals surface area contributed by atoms with E-state index in [9.17, 15) is 19.5 Å². The fourth-order valence-corrected chi connectivity index (χ4v) is 5.16. The van der Waals surface area contributed by atoms with Gasteiger partial charge in [0.15, 0.2) is 0 Å². The summed E-state index contributed by atoms with van der Waals surface area (Å²) in [6, 6.07) is -0.833. The van der Waals surface area contributed by atoms with Gasteiger partial charge in [-0.3, -0.25) is 4.79 Å². The summed E-state index contributed by atoms with van der Waals surface area (Å²) in [6.07, 6.45) is 4.85. The second-order valence-electron chi connectivity index (χ2n) is 9.23. The van der Waals surface area contributed by atoms with Crippen molar-refractivity contribution in [3.05, 3.63) is 0 Å². The molecule has 3 fully saturated rings. The minimum atomic E-state index is -0.968. The van der Waals surface area contributed by atoms with Crippen LogP contribution in [0, 0.1) is 28.6 Å². The Balaban J connectivity index is 1.84. The van der Waals surface area contributed by atoms with Gasteiger partial charge in [0.1, 0.15) is 11.7 Å². The molecule has 4 atom stereocenters. The maximum Gasteiger partial charge on any atom is 0.378 e. The molecule has 3 rings (SSSR count). The zero-order valence-electron chi connectivity index (χ0n) is 16.4. The van der Waals surface area contributed by atoms with Crippen LogP contribution >= 0.6 is 0 Å². The van der Waals surface area contributed by atoms with Gasteiger partial charge in [0.05, 0.1) is 12.6 Å². The number of carbonyl (C=O) groups is 3. The van der Waals surface area contributed by atoms with Crippen molar-refractivity contribution in [2.75, 3.05) is 13.3 Å². The number of amides is 1. The molecule has 3 aliphatic rings. The summed E-state index contributed by atoms with van der Waals surface area (Å²) in [7, 11) is 1.01. The van der Waals surface area contributed by atoms with Gasteiger partial charge in [-0.1, -0.05) is 20.8 Å². The Morgan fingerprint density at radius 3 is 2.52 bits per heavy atom. The number of likely N-dealkylation sites (tertiary alicyclic amines) is 1. The molecule has 8 heteroatoms. The molecule has 1 radical (unpaired) electrons. The highest BCUT2D eigenvalue weighted by molar-refractivity contribution is 6.70. The van der Waals surface area contributed by atoms with Crippen LogP contribution in [0.15, 0.2) is 0 Å². The summed E-state index contributed by atoms with van der Waals surface area (Å²) in [4.78, 5) is 39.6. The third-order valence-corrected chi connectivity index (χ3v) is 7.16. The van der Waals surface area contributed by atoms with E-state index in [0.717, 1.165) is 20.3 Å². The normalized spacial score (nSPS) is 29.5. The summed E-state index contributed by atoms with van der Waals surface area (Å²) in [5.41, 5.74) is 4.57. The lowest BCUT2D eigenvalue weighted by molar-refractivity contribution is -0.155. The molecule has 1 spiro atoms. The van der Waals surface area contributed by atoms with Gasteiger partial charge in [-0.05, 0) is 54.8 Å². The summed E-state index contributed by atoms with van der Waals surface area (Å²) in [5, 5.41) is 9.86. The van der Waals surface area contributed by atoms with Crippen LogP contribution < -0.4 is 5.73 Å². The van der Waals surface area contributed by atoms with Gasteiger partial charge >= 0.3 is 13.5 Å². The van der Waals surface area contributed by atoms with Gasteiger partial charge in [-0.15, -0.1) is 0 Å². The number of carboxylic acid groups (broad SMARTS) is 1. The zero-order chi connectivity index (χ0) is 20.0. The van der Waals surface area contributed by atoms with Crippen LogP contribution in [0.2, 0.25) is 0 Å². The minimum absolute atomic E-state index is 0.00119. The summed E-state index contributed by atoms with van der Waals surface area (Å²) >= 11 is 0. The molecule has 27 heavy (non-hydrogen) atoms. The van der Waals surface area contributed by atoms with Crippen LogP contribution in [0.25, 0.3) is 0 Å². The molecule has 3 N–H and O–H groups in total. The molecule has 1 saturated heterocycles. The average Bonchev–Trinajstić information content (AvgIpc) is 3.12. The van der Waals surface area contributed by atoms with E-state index in [1.54, 1.807) is 0 Å². The lowest BCUT2D eigenvalue weighted by Crippen LogP contribution is -2.52. The van der Waals surface area contributed by atoms with Crippen molar-refractivity contribution < 1.29 is 24.1 Å². The molecule has 2 aliphatic carbocycles. The number of hydrogen-bond donors (Lipinski definition) is 2. The molecule has 0 aromatic carbocycles. The molecule has 1 amide bonds. The SMILES string of the molecule is CCC(C)(C)[C@H](C(=O)[B]OCN)C(=O)N1C[C@@H]2CC3(CC3)C[C@@H]2[C@H]1C(=O)O. The van der Waals surface area contributed by atoms with Gasteiger partial charge < -0.3 is 25.2 Å². The molecule has 7 nitrogen and oxygen atoms in total. The standard InChI is InChI=1S/C19H30BN2O5/c1-4-18(2,3)13(15(23)20-27-10-21)16(24)22-9-11-7-19(5-6-19)8-12(11)14(22)17(25)26/h11-14H,4-10,21H2,1-3H3,(H,25,26)/t11-,12-,13+,14-/m0/s1. The molecule has 0 bridgehead atoms. The number of carbonyl (C=O) groups excluding carboxylic acids is 2. The highest BCUT2D eigenvalue weighted by atomic mass is 16.4. The monoisotopic (exact) mass is 377 g/mol. The first kappa shape index (κ1) is 20.3. The maximum atomic E-state index is 13.4. The highest BCUT2D eigenvalue weighted by Crippen LogP contribution is 2.64. The van der Waals surface area contributed by atoms with E-state index in [-0.39, 0.29) is 18.6 Å². The second kappa shape index (κ2) is 7.20. The highest BCUT2D eigenvalue weighted by Gasteiger charge is 2.61. The van der Waals surface area contributed by atoms with E-state index >= 15 is 0 Å². The van der Waals surface area contributed by atoms with Crippen LogP contribution in [0.3, 0.4) is 0 Å². The summed E-state index contributed by atoms with van der Waals surface area (Å²) in [6.45, 7) is 5.92. The van der Waals surface area contributed by atoms with E-state index in [1.807, 2.05) is 20.8 Å². The number of rotatable bonds is 8. The molecular formula is C19H30BN2O5. The Kier molecular flexibility index (Phi) is 5.43. The summed E-state index contributed by atoms with van der Waals surface area (Å²) < 4.78 is 4.93. The summed E-state index contributed by atoms with van der Waals surface area (Å²) in [5.74, 6) is -2.10. The van der Waals surface area contributed by atoms with Crippen molar-refractivity contribution in [2.45, 2.75) is 58.9 Å². The van der Waals surface area contributed by atoms with Crippen LogP contribution in [-0.4, -0.2) is 54.4 Å². The van der Waals surface area contributed by atoms with Gasteiger partial charge in [-0.25, -0.2) is 4.79 Å². The van der Waals surface area contributed by atoms with Gasteiger partial charge in [-0.2, -0.15) is 0 Å². The Hall–Kier alpha value is -1.41. The van der Waals surface area contributed by atoms with Crippen molar-refractivity contribution in [1.82, 2.24) is 4.90 Å². The van der Waals surface area contributed by atoms with E-state index in [4.69, 9.17) is 10.4 Å². The first-order chi connectivity index (χ1) is 12.7. The number of aliphatic carboxylic acids is 1. The van der Waals surface area contributed by atoms with Gasteiger partial charge in [0.2, 0.25) is 5.91 Å². The van der Waals surface area contributed by atoms with E-state index in [1.165, 1.54) is 17.7 Å². The molecule has 1 heterocycles. The van der Waals surface area contributed by atoms with Crippen molar-refractivity contribution >= 4 is 25.0 Å². The van der Waals surface area contributed by atoms with Crippen molar-refractivity contribution in [1.29, 1.82) is 0 Å². The fraction of sp³-hybridized carbons (Fsp3) is 0.842. The average molecular weight is 377 g/mol. The van der Waals surface area contributed by atoms with Gasteiger partial charge in [0.25, 0.3) is 0 Å². The first-order valence-electron chi connectivity index (χ1n) is 9.88. The van der Waals surface area contributed by atoms with Gasteiger partial charge in [0, 0.05) is 6.54 Å². The number of carboxylic acids is 1. The van der Waals surface area contributed by atoms with Crippen molar-refractivity contribution in [3.8, 4) is 0 Å². The number of nitrogens with zero attached hydrogens (tertiary/aromatic N) is 1. The van der Waals surface area contributed by atoms with Crippen molar-refractivity contribution in [2.24, 2.45) is 34.3 Å². The predicted octanol–water partition coefficient (Wildman–Crippen LogP) is 1.22. The molecular weight excluding hydrogens is 347 g/mol. The lowest BCUT2D eigenvalue weighted by Gasteiger charge is -2.36. The number of hydrogen-bond acceptors (Lipinski definition) is 5. The largest absolute Gasteiger partial charge is 0.480 e. The Bertz CT molecular complexity index is 634. The van der Waals surface area contributed by atoms with Crippen LogP contribution in [-0.2, 0) is 19.0 Å². The first-order valence-corrected chi connectivity index (χ1v) is 9.88. The molecule has 2 saturated carbocycles. The van der Waals surface area contributed by atoms with Crippen LogP contribution in [0.4, 0.5) is 0 Å². The molecule has 0 unspecified atom stereocenters. The molecule has 0 aromatic heterocycles.